The molecular formula is C27H30N2O3. The number of hydrogen-bond donors (Lipinski definition) is 1. The van der Waals surface area contributed by atoms with Crippen LogP contribution in [0.15, 0.2) is 90.4 Å². The van der Waals surface area contributed by atoms with Crippen LogP contribution in [0, 0.1) is 0 Å². The molecule has 0 radical (unpaired) electrons. The Labute approximate surface area is 189 Å². The van der Waals surface area contributed by atoms with Gasteiger partial charge >= 0.3 is 6.09 Å². The van der Waals surface area contributed by atoms with Crippen molar-refractivity contribution in [1.82, 2.24) is 9.47 Å². The van der Waals surface area contributed by atoms with Gasteiger partial charge in [-0.25, -0.2) is 4.79 Å². The van der Waals surface area contributed by atoms with Gasteiger partial charge in [0, 0.05) is 25.9 Å². The van der Waals surface area contributed by atoms with Crippen LogP contribution in [0.25, 0.3) is 11.1 Å². The van der Waals surface area contributed by atoms with Crippen LogP contribution in [0.4, 0.5) is 4.79 Å². The zero-order valence-corrected chi connectivity index (χ0v) is 18.6. The lowest BCUT2D eigenvalue weighted by molar-refractivity contribution is 0.126. The van der Waals surface area contributed by atoms with Gasteiger partial charge < -0.3 is 14.6 Å². The predicted octanol–water partition coefficient (Wildman–Crippen LogP) is 5.84. The molecule has 1 heterocycles. The van der Waals surface area contributed by atoms with Gasteiger partial charge in [0.25, 0.3) is 0 Å². The Bertz CT molecular complexity index is 1100. The zero-order valence-electron chi connectivity index (χ0n) is 18.6. The molecule has 166 valence electrons. The molecule has 1 N–H and O–H groups in total. The minimum Gasteiger partial charge on any atom is -0.465 e. The zero-order chi connectivity index (χ0) is 23.1. The lowest BCUT2D eigenvalue weighted by atomic mass is 9.92. The molecule has 5 heteroatoms. The van der Waals surface area contributed by atoms with Crippen LogP contribution >= 0.6 is 0 Å². The number of aromatic nitrogens is 1. The largest absolute Gasteiger partial charge is 0.465 e. The van der Waals surface area contributed by atoms with E-state index in [2.05, 4.69) is 18.7 Å². The highest BCUT2D eigenvalue weighted by Gasteiger charge is 2.22. The number of rotatable bonds is 9. The lowest BCUT2D eigenvalue weighted by Gasteiger charge is -2.29. The van der Waals surface area contributed by atoms with Crippen LogP contribution < -0.4 is 5.56 Å². The summed E-state index contributed by atoms with van der Waals surface area (Å²) in [4.78, 5) is 25.2. The molecule has 5 nitrogen and oxygen atoms in total. The van der Waals surface area contributed by atoms with Crippen LogP contribution in [-0.2, 0) is 7.05 Å². The van der Waals surface area contributed by atoms with Gasteiger partial charge in [0.1, 0.15) is 0 Å². The summed E-state index contributed by atoms with van der Waals surface area (Å²) < 4.78 is 1.55. The van der Waals surface area contributed by atoms with E-state index in [9.17, 15) is 14.7 Å². The van der Waals surface area contributed by atoms with Gasteiger partial charge in [0.2, 0.25) is 5.56 Å². The third kappa shape index (κ3) is 5.55. The summed E-state index contributed by atoms with van der Waals surface area (Å²) >= 11 is 0. The van der Waals surface area contributed by atoms with Gasteiger partial charge in [-0.1, -0.05) is 60.7 Å². The van der Waals surface area contributed by atoms with Crippen molar-refractivity contribution in [3.63, 3.8) is 0 Å². The third-order valence-electron chi connectivity index (χ3n) is 5.97. The highest BCUT2D eigenvalue weighted by Crippen LogP contribution is 2.28. The average molecular weight is 431 g/mol. The summed E-state index contributed by atoms with van der Waals surface area (Å²) in [5.74, 6) is 0.231. The van der Waals surface area contributed by atoms with Gasteiger partial charge in [-0.15, -0.1) is 6.58 Å². The van der Waals surface area contributed by atoms with Crippen LogP contribution in [0.3, 0.4) is 0 Å². The number of carbonyl (C=O) groups is 1. The number of carboxylic acid groups (broad SMARTS) is 1. The van der Waals surface area contributed by atoms with Gasteiger partial charge in [-0.05, 0) is 54.0 Å². The fraction of sp³-hybridized carbons (Fsp3) is 0.259. The van der Waals surface area contributed by atoms with Crippen molar-refractivity contribution in [3.05, 3.63) is 107 Å². The molecule has 1 amide bonds. The minimum atomic E-state index is -0.926. The fourth-order valence-electron chi connectivity index (χ4n) is 4.00. The van der Waals surface area contributed by atoms with Crippen molar-refractivity contribution in [3.8, 4) is 11.1 Å². The summed E-state index contributed by atoms with van der Waals surface area (Å²) in [5.41, 5.74) is 4.00. The number of pyridine rings is 1. The van der Waals surface area contributed by atoms with Gasteiger partial charge in [0.15, 0.2) is 0 Å². The summed E-state index contributed by atoms with van der Waals surface area (Å²) in [7, 11) is 1.72. The SMILES string of the molecule is C=CC[C@@H](CCN(C(=O)O)[C@@H](C)c1ccc(-c2ccc(=O)n(C)c2)cc1)c1ccccc1. The standard InChI is InChI=1S/C27H30N2O3/c1-4-8-22(23-9-6-5-7-10-23)17-18-29(27(31)32)20(2)21-11-13-24(14-12-21)25-15-16-26(30)28(3)19-25/h4-7,9-16,19-20,22H,1,8,17-18H2,2-3H3,(H,31,32)/t20-,22-/m0/s1. The summed E-state index contributed by atoms with van der Waals surface area (Å²) in [5, 5.41) is 9.88. The molecule has 3 rings (SSSR count). The van der Waals surface area contributed by atoms with E-state index < -0.39 is 6.09 Å². The first-order valence-corrected chi connectivity index (χ1v) is 10.8. The first-order valence-electron chi connectivity index (χ1n) is 10.8. The molecule has 0 unspecified atom stereocenters. The second-order valence-corrected chi connectivity index (χ2v) is 8.06. The Morgan fingerprint density at radius 2 is 1.69 bits per heavy atom. The number of aryl methyl sites for hydroxylation is 1. The Hall–Kier alpha value is -3.60. The molecule has 2 aromatic carbocycles. The summed E-state index contributed by atoms with van der Waals surface area (Å²) in [6.45, 7) is 6.22. The molecule has 0 saturated heterocycles. The highest BCUT2D eigenvalue weighted by atomic mass is 16.4. The Morgan fingerprint density at radius 3 is 2.28 bits per heavy atom. The highest BCUT2D eigenvalue weighted by molar-refractivity contribution is 5.66. The van der Waals surface area contributed by atoms with Gasteiger partial charge in [0.05, 0.1) is 6.04 Å². The molecule has 0 fully saturated rings. The van der Waals surface area contributed by atoms with Crippen molar-refractivity contribution < 1.29 is 9.90 Å². The minimum absolute atomic E-state index is 0.0543. The molecule has 0 aliphatic heterocycles. The Kier molecular flexibility index (Phi) is 7.66. The normalized spacial score (nSPS) is 12.7. The van der Waals surface area contributed by atoms with Crippen molar-refractivity contribution in [2.24, 2.45) is 7.05 Å². The molecule has 32 heavy (non-hydrogen) atoms. The summed E-state index contributed by atoms with van der Waals surface area (Å²) in [6.07, 6.45) is 4.30. The van der Waals surface area contributed by atoms with Crippen LogP contribution in [0.2, 0.25) is 0 Å². The molecule has 2 atom stereocenters. The molecule has 0 spiro atoms. The first-order chi connectivity index (χ1) is 15.4. The van der Waals surface area contributed by atoms with E-state index >= 15 is 0 Å². The Morgan fingerprint density at radius 1 is 1.03 bits per heavy atom. The van der Waals surface area contributed by atoms with Crippen LogP contribution in [0.5, 0.6) is 0 Å². The Balaban J connectivity index is 1.74. The molecular weight excluding hydrogens is 400 g/mol. The van der Waals surface area contributed by atoms with E-state index in [1.165, 1.54) is 10.5 Å². The van der Waals surface area contributed by atoms with Gasteiger partial charge in [-0.2, -0.15) is 0 Å². The van der Waals surface area contributed by atoms with Crippen LogP contribution in [-0.4, -0.2) is 27.2 Å². The molecule has 1 aromatic heterocycles. The predicted molar refractivity (Wildman–Crippen MR) is 129 cm³/mol. The third-order valence-corrected chi connectivity index (χ3v) is 5.97. The van der Waals surface area contributed by atoms with Crippen molar-refractivity contribution in [1.29, 1.82) is 0 Å². The number of amides is 1. The second-order valence-electron chi connectivity index (χ2n) is 8.06. The molecule has 0 saturated carbocycles. The summed E-state index contributed by atoms with van der Waals surface area (Å²) in [6, 6.07) is 21.1. The maximum atomic E-state index is 12.1. The van der Waals surface area contributed by atoms with Gasteiger partial charge in [-0.3, -0.25) is 4.79 Å². The second kappa shape index (κ2) is 10.6. The maximum absolute atomic E-state index is 12.1. The van der Waals surface area contributed by atoms with E-state index in [1.54, 1.807) is 29.9 Å². The van der Waals surface area contributed by atoms with Crippen LogP contribution in [0.1, 0.15) is 42.9 Å². The fourth-order valence-corrected chi connectivity index (χ4v) is 4.00. The van der Waals surface area contributed by atoms with E-state index in [0.717, 1.165) is 29.5 Å². The topological polar surface area (TPSA) is 62.5 Å². The maximum Gasteiger partial charge on any atom is 0.407 e. The monoisotopic (exact) mass is 430 g/mol. The van der Waals surface area contributed by atoms with E-state index in [-0.39, 0.29) is 17.5 Å². The van der Waals surface area contributed by atoms with Crippen molar-refractivity contribution in [2.45, 2.75) is 31.7 Å². The van der Waals surface area contributed by atoms with Crippen molar-refractivity contribution in [2.75, 3.05) is 6.54 Å². The molecule has 0 bridgehead atoms. The van der Waals surface area contributed by atoms with E-state index in [0.29, 0.717) is 6.54 Å². The number of allylic oxidation sites excluding steroid dienone is 1. The molecule has 0 aliphatic carbocycles. The van der Waals surface area contributed by atoms with E-state index in [1.807, 2.05) is 55.5 Å². The van der Waals surface area contributed by atoms with Crippen molar-refractivity contribution >= 4 is 6.09 Å². The smallest absolute Gasteiger partial charge is 0.407 e. The first kappa shape index (κ1) is 23.1. The molecule has 3 aromatic rings. The number of nitrogens with zero attached hydrogens (tertiary/aromatic N) is 2. The average Bonchev–Trinajstić information content (AvgIpc) is 2.80. The van der Waals surface area contributed by atoms with E-state index in [4.69, 9.17) is 0 Å². The quantitative estimate of drug-likeness (QED) is 0.434. The number of benzene rings is 2. The molecule has 0 aliphatic rings. The number of hydrogen-bond acceptors (Lipinski definition) is 2. The lowest BCUT2D eigenvalue weighted by Crippen LogP contribution is -2.33.